The van der Waals surface area contributed by atoms with Crippen LogP contribution in [0.15, 0.2) is 60.7 Å². The van der Waals surface area contributed by atoms with E-state index >= 15 is 0 Å². The molecule has 1 N–H and O–H groups in total. The zero-order valence-electron chi connectivity index (χ0n) is 14.8. The van der Waals surface area contributed by atoms with Crippen LogP contribution >= 0.6 is 0 Å². The van der Waals surface area contributed by atoms with Crippen LogP contribution < -0.4 is 10.1 Å². The highest BCUT2D eigenvalue weighted by Gasteiger charge is 2.33. The number of nitrogens with zero attached hydrogens (tertiary/aromatic N) is 1. The molecule has 0 aromatic heterocycles. The second kappa shape index (κ2) is 9.04. The molecular formula is C21H24N2O3. The van der Waals surface area contributed by atoms with Crippen LogP contribution in [0.3, 0.4) is 0 Å². The topological polar surface area (TPSA) is 58.6 Å². The third-order valence-electron chi connectivity index (χ3n) is 4.49. The molecule has 0 aliphatic carbocycles. The summed E-state index contributed by atoms with van der Waals surface area (Å²) >= 11 is 0. The first kappa shape index (κ1) is 18.0. The fourth-order valence-electron chi connectivity index (χ4n) is 3.19. The van der Waals surface area contributed by atoms with Gasteiger partial charge in [0, 0.05) is 6.54 Å². The number of likely N-dealkylation sites (tertiary alicyclic amines) is 1. The van der Waals surface area contributed by atoms with Crippen molar-refractivity contribution >= 4 is 11.8 Å². The van der Waals surface area contributed by atoms with E-state index in [4.69, 9.17) is 4.74 Å². The van der Waals surface area contributed by atoms with Crippen LogP contribution in [0.5, 0.6) is 5.75 Å². The average Bonchev–Trinajstić information content (AvgIpc) is 3.17. The van der Waals surface area contributed by atoms with Crippen LogP contribution in [0.25, 0.3) is 0 Å². The summed E-state index contributed by atoms with van der Waals surface area (Å²) in [7, 11) is 0. The minimum absolute atomic E-state index is 0.00869. The van der Waals surface area contributed by atoms with Gasteiger partial charge in [-0.25, -0.2) is 0 Å². The Bertz CT molecular complexity index is 719. The van der Waals surface area contributed by atoms with Gasteiger partial charge in [0.25, 0.3) is 0 Å². The predicted molar refractivity (Wildman–Crippen MR) is 99.8 cm³/mol. The van der Waals surface area contributed by atoms with Gasteiger partial charge < -0.3 is 15.0 Å². The zero-order valence-corrected chi connectivity index (χ0v) is 14.8. The fraction of sp³-hybridized carbons (Fsp3) is 0.333. The molecule has 0 saturated carbocycles. The van der Waals surface area contributed by atoms with Gasteiger partial charge in [-0.15, -0.1) is 0 Å². The number of hydrogen-bond donors (Lipinski definition) is 1. The smallest absolute Gasteiger partial charge is 0.242 e. The minimum Gasteiger partial charge on any atom is -0.492 e. The first-order valence-corrected chi connectivity index (χ1v) is 9.03. The standard InChI is InChI=1S/C21H24N2O3/c24-20(16-17-8-3-1-4-9-17)23-14-7-12-19(23)21(25)22-13-15-26-18-10-5-2-6-11-18/h1-6,8-11,19H,7,12-16H2,(H,22,25). The Hall–Kier alpha value is -2.82. The summed E-state index contributed by atoms with van der Waals surface area (Å²) in [6.45, 7) is 1.47. The maximum absolute atomic E-state index is 12.6. The molecule has 1 heterocycles. The lowest BCUT2D eigenvalue weighted by Crippen LogP contribution is -2.47. The van der Waals surface area contributed by atoms with Crippen molar-refractivity contribution in [1.29, 1.82) is 0 Å². The summed E-state index contributed by atoms with van der Waals surface area (Å²) in [4.78, 5) is 26.7. The molecule has 2 aromatic rings. The van der Waals surface area contributed by atoms with E-state index in [2.05, 4.69) is 5.32 Å². The van der Waals surface area contributed by atoms with Gasteiger partial charge in [0.05, 0.1) is 13.0 Å². The van der Waals surface area contributed by atoms with Crippen LogP contribution in [0, 0.1) is 0 Å². The van der Waals surface area contributed by atoms with Crippen molar-refractivity contribution < 1.29 is 14.3 Å². The van der Waals surface area contributed by atoms with E-state index in [1.807, 2.05) is 60.7 Å². The van der Waals surface area contributed by atoms with Crippen molar-refractivity contribution in [3.05, 3.63) is 66.2 Å². The van der Waals surface area contributed by atoms with Crippen molar-refractivity contribution in [2.75, 3.05) is 19.7 Å². The molecule has 2 aromatic carbocycles. The molecule has 5 heteroatoms. The van der Waals surface area contributed by atoms with Gasteiger partial charge in [-0.05, 0) is 30.5 Å². The molecule has 2 amide bonds. The molecule has 1 unspecified atom stereocenters. The normalized spacial score (nSPS) is 16.3. The second-order valence-electron chi connectivity index (χ2n) is 6.36. The monoisotopic (exact) mass is 352 g/mol. The number of ether oxygens (including phenoxy) is 1. The van der Waals surface area contributed by atoms with Crippen LogP contribution in [-0.2, 0) is 16.0 Å². The van der Waals surface area contributed by atoms with E-state index in [-0.39, 0.29) is 17.9 Å². The summed E-state index contributed by atoms with van der Waals surface area (Å²) in [5.41, 5.74) is 0.972. The van der Waals surface area contributed by atoms with Crippen molar-refractivity contribution in [3.63, 3.8) is 0 Å². The minimum atomic E-state index is -0.372. The molecule has 5 nitrogen and oxygen atoms in total. The fourth-order valence-corrected chi connectivity index (χ4v) is 3.19. The van der Waals surface area contributed by atoms with Crippen molar-refractivity contribution in [1.82, 2.24) is 10.2 Å². The molecule has 0 spiro atoms. The highest BCUT2D eigenvalue weighted by Crippen LogP contribution is 2.19. The Labute approximate surface area is 154 Å². The molecule has 1 saturated heterocycles. The lowest BCUT2D eigenvalue weighted by atomic mass is 10.1. The number of benzene rings is 2. The third kappa shape index (κ3) is 4.85. The maximum atomic E-state index is 12.6. The largest absolute Gasteiger partial charge is 0.492 e. The molecule has 1 aliphatic rings. The molecule has 1 fully saturated rings. The first-order chi connectivity index (χ1) is 12.7. The Balaban J connectivity index is 1.46. The molecule has 1 aliphatic heterocycles. The summed E-state index contributed by atoms with van der Waals surface area (Å²) < 4.78 is 5.58. The molecule has 136 valence electrons. The number of carbonyl (C=O) groups is 2. The Morgan fingerprint density at radius 1 is 1.04 bits per heavy atom. The summed E-state index contributed by atoms with van der Waals surface area (Å²) in [5.74, 6) is 0.692. The van der Waals surface area contributed by atoms with E-state index in [1.165, 1.54) is 0 Å². The Kier molecular flexibility index (Phi) is 6.25. The van der Waals surface area contributed by atoms with Gasteiger partial charge in [0.2, 0.25) is 11.8 Å². The second-order valence-corrected chi connectivity index (χ2v) is 6.36. The van der Waals surface area contributed by atoms with E-state index in [0.29, 0.717) is 32.5 Å². The zero-order chi connectivity index (χ0) is 18.2. The SMILES string of the molecule is O=C(NCCOc1ccccc1)C1CCCN1C(=O)Cc1ccccc1. The van der Waals surface area contributed by atoms with Gasteiger partial charge in [0.1, 0.15) is 18.4 Å². The summed E-state index contributed by atoms with van der Waals surface area (Å²) in [6.07, 6.45) is 1.91. The lowest BCUT2D eigenvalue weighted by Gasteiger charge is -2.24. The molecule has 26 heavy (non-hydrogen) atoms. The molecule has 3 rings (SSSR count). The average molecular weight is 352 g/mol. The Morgan fingerprint density at radius 2 is 1.73 bits per heavy atom. The number of carbonyl (C=O) groups excluding carboxylic acids is 2. The van der Waals surface area contributed by atoms with E-state index < -0.39 is 0 Å². The van der Waals surface area contributed by atoms with Gasteiger partial charge >= 0.3 is 0 Å². The van der Waals surface area contributed by atoms with E-state index in [1.54, 1.807) is 4.90 Å². The number of rotatable bonds is 7. The quantitative estimate of drug-likeness (QED) is 0.779. The number of nitrogens with one attached hydrogen (secondary N) is 1. The van der Waals surface area contributed by atoms with E-state index in [9.17, 15) is 9.59 Å². The maximum Gasteiger partial charge on any atom is 0.242 e. The van der Waals surface area contributed by atoms with Crippen LogP contribution in [-0.4, -0.2) is 42.5 Å². The first-order valence-electron chi connectivity index (χ1n) is 9.03. The van der Waals surface area contributed by atoms with Crippen LogP contribution in [0.2, 0.25) is 0 Å². The summed E-state index contributed by atoms with van der Waals surface area (Å²) in [6, 6.07) is 18.8. The van der Waals surface area contributed by atoms with Gasteiger partial charge in [-0.2, -0.15) is 0 Å². The van der Waals surface area contributed by atoms with Crippen LogP contribution in [0.4, 0.5) is 0 Å². The highest BCUT2D eigenvalue weighted by molar-refractivity contribution is 5.89. The van der Waals surface area contributed by atoms with Gasteiger partial charge in [-0.3, -0.25) is 9.59 Å². The Morgan fingerprint density at radius 3 is 2.46 bits per heavy atom. The molecule has 0 radical (unpaired) electrons. The summed E-state index contributed by atoms with van der Waals surface area (Å²) in [5, 5.41) is 2.89. The van der Waals surface area contributed by atoms with Crippen LogP contribution in [0.1, 0.15) is 18.4 Å². The number of hydrogen-bond acceptors (Lipinski definition) is 3. The van der Waals surface area contributed by atoms with Gasteiger partial charge in [-0.1, -0.05) is 48.5 Å². The predicted octanol–water partition coefficient (Wildman–Crippen LogP) is 2.42. The lowest BCUT2D eigenvalue weighted by molar-refractivity contribution is -0.138. The molecular weight excluding hydrogens is 328 g/mol. The highest BCUT2D eigenvalue weighted by atomic mass is 16.5. The number of para-hydroxylation sites is 1. The van der Waals surface area contributed by atoms with Crippen molar-refractivity contribution in [3.8, 4) is 5.75 Å². The van der Waals surface area contributed by atoms with Crippen molar-refractivity contribution in [2.45, 2.75) is 25.3 Å². The van der Waals surface area contributed by atoms with Crippen molar-refractivity contribution in [2.24, 2.45) is 0 Å². The molecule has 1 atom stereocenters. The molecule has 0 bridgehead atoms. The van der Waals surface area contributed by atoms with E-state index in [0.717, 1.165) is 17.7 Å². The van der Waals surface area contributed by atoms with Gasteiger partial charge in [0.15, 0.2) is 0 Å². The number of amides is 2. The third-order valence-corrected chi connectivity index (χ3v) is 4.49.